The Morgan fingerprint density at radius 2 is 1.94 bits per heavy atom. The summed E-state index contributed by atoms with van der Waals surface area (Å²) >= 11 is 0. The summed E-state index contributed by atoms with van der Waals surface area (Å²) in [6.45, 7) is 1.49. The lowest BCUT2D eigenvalue weighted by Gasteiger charge is -2.23. The highest BCUT2D eigenvalue weighted by molar-refractivity contribution is 5.82. The Kier molecular flexibility index (Phi) is 3.71. The fourth-order valence-corrected chi connectivity index (χ4v) is 2.05. The fourth-order valence-electron chi connectivity index (χ4n) is 2.05. The summed E-state index contributed by atoms with van der Waals surface area (Å²) in [5.74, 6) is -0.174. The number of amides is 1. The minimum absolute atomic E-state index is 0.174. The monoisotopic (exact) mass is 235 g/mol. The normalized spacial score (nSPS) is 19.1. The molecule has 0 saturated carbocycles. The van der Waals surface area contributed by atoms with Crippen molar-refractivity contribution in [3.05, 3.63) is 30.1 Å². The summed E-state index contributed by atoms with van der Waals surface area (Å²) in [6, 6.07) is 2.44. The lowest BCUT2D eigenvalue weighted by molar-refractivity contribution is -0.134. The van der Waals surface area contributed by atoms with Gasteiger partial charge in [0, 0.05) is 25.5 Å². The molecule has 92 valence electrons. The molecule has 2 atom stereocenters. The minimum atomic E-state index is -0.967. The Bertz CT molecular complexity index is 377. The van der Waals surface area contributed by atoms with Crippen LogP contribution in [0, 0.1) is 0 Å². The number of carbonyl (C=O) groups is 1. The molecule has 0 unspecified atom stereocenters. The predicted octanol–water partition coefficient (Wildman–Crippen LogP) is 0.0647. The Hall–Kier alpha value is -1.46. The average molecular weight is 235 g/mol. The molecule has 5 heteroatoms. The van der Waals surface area contributed by atoms with Crippen LogP contribution in [0.1, 0.15) is 24.5 Å². The summed E-state index contributed by atoms with van der Waals surface area (Å²) in [6.07, 6.45) is 4.22. The lowest BCUT2D eigenvalue weighted by atomic mass is 10.0. The van der Waals surface area contributed by atoms with E-state index in [9.17, 15) is 9.90 Å². The Morgan fingerprint density at radius 3 is 2.53 bits per heavy atom. The Labute approximate surface area is 100 Å². The van der Waals surface area contributed by atoms with Crippen LogP contribution in [0.4, 0.5) is 0 Å². The van der Waals surface area contributed by atoms with E-state index in [0.717, 1.165) is 25.9 Å². The van der Waals surface area contributed by atoms with E-state index in [2.05, 4.69) is 4.98 Å². The van der Waals surface area contributed by atoms with Crippen LogP contribution in [-0.4, -0.2) is 40.0 Å². The number of hydrogen-bond acceptors (Lipinski definition) is 4. The van der Waals surface area contributed by atoms with Crippen LogP contribution in [0.25, 0.3) is 0 Å². The second-order valence-electron chi connectivity index (χ2n) is 4.28. The molecule has 1 amide bonds. The van der Waals surface area contributed by atoms with Gasteiger partial charge in [0.1, 0.15) is 12.1 Å². The molecule has 1 aliphatic rings. The van der Waals surface area contributed by atoms with Gasteiger partial charge in [0.05, 0.1) is 0 Å². The summed E-state index contributed by atoms with van der Waals surface area (Å²) in [7, 11) is 0. The molecule has 1 saturated heterocycles. The van der Waals surface area contributed by atoms with Crippen molar-refractivity contribution in [2.24, 2.45) is 5.73 Å². The van der Waals surface area contributed by atoms with Crippen molar-refractivity contribution in [1.29, 1.82) is 0 Å². The van der Waals surface area contributed by atoms with Gasteiger partial charge in [-0.3, -0.25) is 9.78 Å². The van der Waals surface area contributed by atoms with E-state index < -0.39 is 12.1 Å². The number of aliphatic hydroxyl groups excluding tert-OH is 1. The average Bonchev–Trinajstić information content (AvgIpc) is 2.91. The van der Waals surface area contributed by atoms with Gasteiger partial charge in [-0.1, -0.05) is 0 Å². The number of pyridine rings is 1. The second-order valence-corrected chi connectivity index (χ2v) is 4.28. The molecule has 1 aromatic heterocycles. The van der Waals surface area contributed by atoms with E-state index in [1.54, 1.807) is 29.4 Å². The first-order chi connectivity index (χ1) is 8.20. The molecule has 2 heterocycles. The number of nitrogens with zero attached hydrogens (tertiary/aromatic N) is 2. The van der Waals surface area contributed by atoms with Crippen molar-refractivity contribution in [2.45, 2.75) is 25.0 Å². The third kappa shape index (κ3) is 2.62. The van der Waals surface area contributed by atoms with Gasteiger partial charge in [0.2, 0.25) is 5.91 Å². The number of carbonyl (C=O) groups excluding carboxylic acids is 1. The molecule has 5 nitrogen and oxygen atoms in total. The molecule has 3 N–H and O–H groups in total. The molecule has 1 aromatic rings. The molecular weight excluding hydrogens is 218 g/mol. The maximum absolute atomic E-state index is 12.0. The molecule has 1 fully saturated rings. The number of likely N-dealkylation sites (tertiary alicyclic amines) is 1. The predicted molar refractivity (Wildman–Crippen MR) is 63.0 cm³/mol. The highest BCUT2D eigenvalue weighted by Crippen LogP contribution is 2.18. The lowest BCUT2D eigenvalue weighted by Crippen LogP contribution is -2.45. The molecule has 0 spiro atoms. The van der Waals surface area contributed by atoms with E-state index in [4.69, 9.17) is 5.73 Å². The second kappa shape index (κ2) is 5.25. The summed E-state index contributed by atoms with van der Waals surface area (Å²) in [5.41, 5.74) is 6.44. The molecule has 17 heavy (non-hydrogen) atoms. The fraction of sp³-hybridized carbons (Fsp3) is 0.500. The number of rotatable bonds is 3. The van der Waals surface area contributed by atoms with E-state index in [1.807, 2.05) is 0 Å². The zero-order chi connectivity index (χ0) is 12.3. The third-order valence-corrected chi connectivity index (χ3v) is 3.09. The van der Waals surface area contributed by atoms with Gasteiger partial charge in [-0.05, 0) is 30.5 Å². The van der Waals surface area contributed by atoms with Crippen LogP contribution >= 0.6 is 0 Å². The van der Waals surface area contributed by atoms with E-state index >= 15 is 0 Å². The minimum Gasteiger partial charge on any atom is -0.386 e. The van der Waals surface area contributed by atoms with Crippen molar-refractivity contribution < 1.29 is 9.90 Å². The van der Waals surface area contributed by atoms with Gasteiger partial charge in [-0.15, -0.1) is 0 Å². The summed E-state index contributed by atoms with van der Waals surface area (Å²) < 4.78 is 0. The quantitative estimate of drug-likeness (QED) is 0.776. The maximum atomic E-state index is 12.0. The number of aromatic nitrogens is 1. The van der Waals surface area contributed by atoms with Gasteiger partial charge in [-0.25, -0.2) is 0 Å². The van der Waals surface area contributed by atoms with E-state index in [1.165, 1.54) is 0 Å². The van der Waals surface area contributed by atoms with Crippen molar-refractivity contribution in [3.8, 4) is 0 Å². The van der Waals surface area contributed by atoms with Gasteiger partial charge in [0.15, 0.2) is 0 Å². The van der Waals surface area contributed by atoms with Crippen molar-refractivity contribution in [3.63, 3.8) is 0 Å². The topological polar surface area (TPSA) is 79.5 Å². The van der Waals surface area contributed by atoms with Crippen LogP contribution in [0.3, 0.4) is 0 Å². The number of hydrogen-bond donors (Lipinski definition) is 2. The van der Waals surface area contributed by atoms with Crippen molar-refractivity contribution >= 4 is 5.91 Å². The Morgan fingerprint density at radius 1 is 1.35 bits per heavy atom. The highest BCUT2D eigenvalue weighted by atomic mass is 16.3. The van der Waals surface area contributed by atoms with Gasteiger partial charge >= 0.3 is 0 Å². The first-order valence-electron chi connectivity index (χ1n) is 5.82. The standard InChI is InChI=1S/C12H17N3O2/c13-10(12(17)15-7-1-2-8-15)11(16)9-3-5-14-6-4-9/h3-6,10-11,16H,1-2,7-8,13H2/t10-,11-/m0/s1. The third-order valence-electron chi connectivity index (χ3n) is 3.09. The molecule has 0 aliphatic carbocycles. The molecule has 0 radical (unpaired) electrons. The summed E-state index contributed by atoms with van der Waals surface area (Å²) in [4.78, 5) is 17.6. The summed E-state index contributed by atoms with van der Waals surface area (Å²) in [5, 5.41) is 10.0. The first-order valence-corrected chi connectivity index (χ1v) is 5.82. The van der Waals surface area contributed by atoms with E-state index in [-0.39, 0.29) is 5.91 Å². The smallest absolute Gasteiger partial charge is 0.242 e. The SMILES string of the molecule is N[C@H](C(=O)N1CCCC1)[C@@H](O)c1ccncc1. The molecule has 2 rings (SSSR count). The van der Waals surface area contributed by atoms with Crippen LogP contribution in [-0.2, 0) is 4.79 Å². The number of aliphatic hydroxyl groups is 1. The first kappa shape index (κ1) is 12.0. The Balaban J connectivity index is 2.04. The largest absolute Gasteiger partial charge is 0.386 e. The molecule has 0 aromatic carbocycles. The van der Waals surface area contributed by atoms with Crippen LogP contribution < -0.4 is 5.73 Å². The maximum Gasteiger partial charge on any atom is 0.242 e. The molecule has 0 bridgehead atoms. The van der Waals surface area contributed by atoms with Crippen LogP contribution in [0.15, 0.2) is 24.5 Å². The highest BCUT2D eigenvalue weighted by Gasteiger charge is 2.29. The number of nitrogens with two attached hydrogens (primary N) is 1. The zero-order valence-corrected chi connectivity index (χ0v) is 9.62. The zero-order valence-electron chi connectivity index (χ0n) is 9.62. The molecular formula is C12H17N3O2. The van der Waals surface area contributed by atoms with Gasteiger partial charge < -0.3 is 15.7 Å². The van der Waals surface area contributed by atoms with Crippen molar-refractivity contribution in [1.82, 2.24) is 9.88 Å². The van der Waals surface area contributed by atoms with Crippen LogP contribution in [0.5, 0.6) is 0 Å². The van der Waals surface area contributed by atoms with Crippen molar-refractivity contribution in [2.75, 3.05) is 13.1 Å². The van der Waals surface area contributed by atoms with E-state index in [0.29, 0.717) is 5.56 Å². The van der Waals surface area contributed by atoms with Gasteiger partial charge in [-0.2, -0.15) is 0 Å². The molecule has 1 aliphatic heterocycles. The van der Waals surface area contributed by atoms with Gasteiger partial charge in [0.25, 0.3) is 0 Å². The van der Waals surface area contributed by atoms with Crippen LogP contribution in [0.2, 0.25) is 0 Å².